The Labute approximate surface area is 190 Å². The number of rotatable bonds is 8. The van der Waals surface area contributed by atoms with Crippen LogP contribution in [0.5, 0.6) is 0 Å². The maximum atomic E-state index is 12.8. The predicted molar refractivity (Wildman–Crippen MR) is 121 cm³/mol. The standard InChI is InChI=1S/C24H21Cl2NO4/c1-16-10-12-18(13-11-16)15-30-24(29)23(27-22-19(25)8-5-9-20(22)26)31-21(28)14-17-6-3-2-4-7-17/h2-13,23,27H,14-15H2,1H3. The van der Waals surface area contributed by atoms with Gasteiger partial charge in [-0.05, 0) is 30.2 Å². The van der Waals surface area contributed by atoms with Crippen LogP contribution in [0.25, 0.3) is 0 Å². The summed E-state index contributed by atoms with van der Waals surface area (Å²) in [7, 11) is 0. The van der Waals surface area contributed by atoms with Crippen LogP contribution in [-0.2, 0) is 32.1 Å². The monoisotopic (exact) mass is 457 g/mol. The average molecular weight is 458 g/mol. The smallest absolute Gasteiger partial charge is 0.369 e. The van der Waals surface area contributed by atoms with Gasteiger partial charge in [-0.15, -0.1) is 0 Å². The Bertz CT molecular complexity index is 1020. The second-order valence-corrected chi connectivity index (χ2v) is 7.68. The van der Waals surface area contributed by atoms with E-state index in [0.29, 0.717) is 0 Å². The quantitative estimate of drug-likeness (QED) is 0.353. The first-order chi connectivity index (χ1) is 14.9. The van der Waals surface area contributed by atoms with Gasteiger partial charge < -0.3 is 14.8 Å². The number of para-hydroxylation sites is 1. The maximum Gasteiger partial charge on any atom is 0.369 e. The molecule has 3 aromatic carbocycles. The number of anilines is 1. The molecular formula is C24H21Cl2NO4. The SMILES string of the molecule is Cc1ccc(COC(=O)C(Nc2c(Cl)cccc2Cl)OC(=O)Cc2ccccc2)cc1. The van der Waals surface area contributed by atoms with Crippen LogP contribution in [0.1, 0.15) is 16.7 Å². The molecule has 1 unspecified atom stereocenters. The van der Waals surface area contributed by atoms with Gasteiger partial charge in [-0.2, -0.15) is 0 Å². The fraction of sp³-hybridized carbons (Fsp3) is 0.167. The molecule has 0 heterocycles. The van der Waals surface area contributed by atoms with Gasteiger partial charge in [0.15, 0.2) is 0 Å². The lowest BCUT2D eigenvalue weighted by molar-refractivity contribution is -0.166. The summed E-state index contributed by atoms with van der Waals surface area (Å²) in [6.07, 6.45) is -1.42. The van der Waals surface area contributed by atoms with Gasteiger partial charge in [-0.1, -0.05) is 89.4 Å². The molecule has 160 valence electrons. The van der Waals surface area contributed by atoms with Crippen LogP contribution in [0.4, 0.5) is 5.69 Å². The summed E-state index contributed by atoms with van der Waals surface area (Å²) in [6, 6.07) is 21.5. The van der Waals surface area contributed by atoms with Crippen LogP contribution in [-0.4, -0.2) is 18.2 Å². The highest BCUT2D eigenvalue weighted by molar-refractivity contribution is 6.39. The van der Waals surface area contributed by atoms with Crippen molar-refractivity contribution in [2.24, 2.45) is 0 Å². The third-order valence-electron chi connectivity index (χ3n) is 4.39. The highest BCUT2D eigenvalue weighted by Crippen LogP contribution is 2.30. The van der Waals surface area contributed by atoms with Gasteiger partial charge in [0.25, 0.3) is 6.23 Å². The summed E-state index contributed by atoms with van der Waals surface area (Å²) in [5.74, 6) is -1.36. The highest BCUT2D eigenvalue weighted by Gasteiger charge is 2.26. The van der Waals surface area contributed by atoms with E-state index in [9.17, 15) is 9.59 Å². The number of benzene rings is 3. The molecule has 0 aliphatic heterocycles. The molecule has 0 amide bonds. The Hall–Kier alpha value is -3.02. The lowest BCUT2D eigenvalue weighted by Crippen LogP contribution is -2.36. The van der Waals surface area contributed by atoms with Crippen molar-refractivity contribution < 1.29 is 19.1 Å². The number of ether oxygens (including phenoxy) is 2. The minimum Gasteiger partial charge on any atom is -0.457 e. The molecular weight excluding hydrogens is 437 g/mol. The maximum absolute atomic E-state index is 12.8. The van der Waals surface area contributed by atoms with Crippen molar-refractivity contribution in [3.8, 4) is 0 Å². The minimum atomic E-state index is -1.42. The Kier molecular flexibility index (Phi) is 7.93. The Morgan fingerprint density at radius 3 is 2.16 bits per heavy atom. The third kappa shape index (κ3) is 6.74. The molecule has 3 rings (SSSR count). The van der Waals surface area contributed by atoms with Gasteiger partial charge >= 0.3 is 11.9 Å². The Morgan fingerprint density at radius 1 is 0.871 bits per heavy atom. The van der Waals surface area contributed by atoms with Crippen LogP contribution < -0.4 is 5.32 Å². The zero-order valence-electron chi connectivity index (χ0n) is 16.8. The first-order valence-corrected chi connectivity index (χ1v) is 10.3. The van der Waals surface area contributed by atoms with E-state index < -0.39 is 18.2 Å². The van der Waals surface area contributed by atoms with Gasteiger partial charge in [-0.25, -0.2) is 4.79 Å². The third-order valence-corrected chi connectivity index (χ3v) is 5.02. The zero-order chi connectivity index (χ0) is 22.2. The summed E-state index contributed by atoms with van der Waals surface area (Å²) < 4.78 is 10.8. The second kappa shape index (κ2) is 10.8. The van der Waals surface area contributed by atoms with Crippen molar-refractivity contribution >= 4 is 40.8 Å². The Morgan fingerprint density at radius 2 is 1.52 bits per heavy atom. The average Bonchev–Trinajstić information content (AvgIpc) is 2.75. The molecule has 0 radical (unpaired) electrons. The number of hydrogen-bond donors (Lipinski definition) is 1. The summed E-state index contributed by atoms with van der Waals surface area (Å²) in [5.41, 5.74) is 2.94. The van der Waals surface area contributed by atoms with E-state index in [-0.39, 0.29) is 28.8 Å². The highest BCUT2D eigenvalue weighted by atomic mass is 35.5. The van der Waals surface area contributed by atoms with E-state index in [4.69, 9.17) is 32.7 Å². The summed E-state index contributed by atoms with van der Waals surface area (Å²) >= 11 is 12.4. The van der Waals surface area contributed by atoms with Crippen LogP contribution >= 0.6 is 23.2 Å². The van der Waals surface area contributed by atoms with E-state index in [1.54, 1.807) is 30.3 Å². The summed E-state index contributed by atoms with van der Waals surface area (Å²) in [5, 5.41) is 3.36. The van der Waals surface area contributed by atoms with Crippen molar-refractivity contribution in [1.29, 1.82) is 0 Å². The number of halogens is 2. The van der Waals surface area contributed by atoms with E-state index in [2.05, 4.69) is 5.32 Å². The molecule has 0 saturated carbocycles. The van der Waals surface area contributed by atoms with Gasteiger partial charge in [0.05, 0.1) is 22.2 Å². The summed E-state index contributed by atoms with van der Waals surface area (Å²) in [4.78, 5) is 25.2. The van der Waals surface area contributed by atoms with Crippen molar-refractivity contribution in [2.45, 2.75) is 26.2 Å². The van der Waals surface area contributed by atoms with Crippen LogP contribution in [0.15, 0.2) is 72.8 Å². The molecule has 5 nitrogen and oxygen atoms in total. The molecule has 31 heavy (non-hydrogen) atoms. The minimum absolute atomic E-state index is 0.000512. The summed E-state index contributed by atoms with van der Waals surface area (Å²) in [6.45, 7) is 2.00. The normalized spacial score (nSPS) is 11.5. The van der Waals surface area contributed by atoms with Crippen molar-refractivity contribution in [3.05, 3.63) is 99.5 Å². The van der Waals surface area contributed by atoms with E-state index >= 15 is 0 Å². The number of hydrogen-bond acceptors (Lipinski definition) is 5. The molecule has 3 aromatic rings. The molecule has 1 N–H and O–H groups in total. The van der Waals surface area contributed by atoms with Crippen LogP contribution in [0, 0.1) is 6.92 Å². The molecule has 0 aliphatic rings. The molecule has 1 atom stereocenters. The number of carbonyl (C=O) groups excluding carboxylic acids is 2. The molecule has 0 spiro atoms. The van der Waals surface area contributed by atoms with Gasteiger partial charge in [0.2, 0.25) is 0 Å². The van der Waals surface area contributed by atoms with Gasteiger partial charge in [0.1, 0.15) is 6.61 Å². The zero-order valence-corrected chi connectivity index (χ0v) is 18.3. The molecule has 0 saturated heterocycles. The number of esters is 2. The fourth-order valence-electron chi connectivity index (χ4n) is 2.75. The lowest BCUT2D eigenvalue weighted by atomic mass is 10.2. The van der Waals surface area contributed by atoms with Crippen molar-refractivity contribution in [1.82, 2.24) is 0 Å². The molecule has 7 heteroatoms. The largest absolute Gasteiger partial charge is 0.457 e. The first-order valence-electron chi connectivity index (χ1n) is 9.58. The van der Waals surface area contributed by atoms with Gasteiger partial charge in [-0.3, -0.25) is 4.79 Å². The lowest BCUT2D eigenvalue weighted by Gasteiger charge is -2.20. The molecule has 0 bridgehead atoms. The second-order valence-electron chi connectivity index (χ2n) is 6.87. The number of aryl methyl sites for hydroxylation is 1. The van der Waals surface area contributed by atoms with Crippen molar-refractivity contribution in [2.75, 3.05) is 5.32 Å². The topological polar surface area (TPSA) is 64.6 Å². The van der Waals surface area contributed by atoms with E-state index in [1.165, 1.54) is 0 Å². The van der Waals surface area contributed by atoms with Crippen LogP contribution in [0.3, 0.4) is 0 Å². The fourth-order valence-corrected chi connectivity index (χ4v) is 3.26. The predicted octanol–water partition coefficient (Wildman–Crippen LogP) is 5.57. The van der Waals surface area contributed by atoms with Gasteiger partial charge in [0, 0.05) is 0 Å². The molecule has 0 aliphatic carbocycles. The number of carbonyl (C=O) groups is 2. The molecule has 0 aromatic heterocycles. The number of nitrogens with one attached hydrogen (secondary N) is 1. The van der Waals surface area contributed by atoms with Crippen LogP contribution in [0.2, 0.25) is 10.0 Å². The van der Waals surface area contributed by atoms with E-state index in [0.717, 1.165) is 16.7 Å². The van der Waals surface area contributed by atoms with E-state index in [1.807, 2.05) is 49.4 Å². The molecule has 0 fully saturated rings. The first kappa shape index (κ1) is 22.7. The Balaban J connectivity index is 1.73. The van der Waals surface area contributed by atoms with Crippen molar-refractivity contribution in [3.63, 3.8) is 0 Å².